The van der Waals surface area contributed by atoms with E-state index >= 15 is 0 Å². The molecule has 0 aromatic carbocycles. The van der Waals surface area contributed by atoms with Gasteiger partial charge in [0.25, 0.3) is 0 Å². The van der Waals surface area contributed by atoms with Crippen LogP contribution in [0.5, 0.6) is 0 Å². The van der Waals surface area contributed by atoms with Gasteiger partial charge in [0.05, 0.1) is 31.0 Å². The van der Waals surface area contributed by atoms with Crippen LogP contribution in [0, 0.1) is 11.3 Å². The number of aromatic nitrogens is 3. The van der Waals surface area contributed by atoms with Crippen LogP contribution in [0.2, 0.25) is 0 Å². The number of hydrogen-bond donors (Lipinski definition) is 2. The fraction of sp³-hybridized carbons (Fsp3) is 0.333. The lowest BCUT2D eigenvalue weighted by Crippen LogP contribution is -2.23. The summed E-state index contributed by atoms with van der Waals surface area (Å²) in [6.45, 7) is 1.09. The molecule has 8 nitrogen and oxygen atoms in total. The normalized spacial score (nSPS) is 13.0. The van der Waals surface area contributed by atoms with E-state index in [1.165, 1.54) is 0 Å². The molecule has 8 heteroatoms. The van der Waals surface area contributed by atoms with Crippen molar-refractivity contribution in [2.24, 2.45) is 7.05 Å². The fourth-order valence-electron chi connectivity index (χ4n) is 2.34. The van der Waals surface area contributed by atoms with Crippen LogP contribution in [0.15, 0.2) is 18.3 Å². The first-order valence-electron chi connectivity index (χ1n) is 7.19. The lowest BCUT2D eigenvalue weighted by atomic mass is 10.1. The molecule has 0 fully saturated rings. The van der Waals surface area contributed by atoms with E-state index in [2.05, 4.69) is 26.8 Å². The van der Waals surface area contributed by atoms with Crippen LogP contribution in [0.1, 0.15) is 16.8 Å². The Morgan fingerprint density at radius 2 is 2.43 bits per heavy atom. The van der Waals surface area contributed by atoms with E-state index in [1.807, 2.05) is 0 Å². The highest BCUT2D eigenvalue weighted by Gasteiger charge is 2.16. The van der Waals surface area contributed by atoms with Gasteiger partial charge in [-0.25, -0.2) is 4.98 Å². The van der Waals surface area contributed by atoms with E-state index in [-0.39, 0.29) is 12.5 Å². The van der Waals surface area contributed by atoms with Gasteiger partial charge in [0.1, 0.15) is 11.9 Å². The number of aryl methyl sites for hydroxylation is 1. The first-order chi connectivity index (χ1) is 11.2. The third-order valence-corrected chi connectivity index (χ3v) is 3.45. The van der Waals surface area contributed by atoms with E-state index in [4.69, 9.17) is 4.74 Å². The van der Waals surface area contributed by atoms with Crippen molar-refractivity contribution in [3.8, 4) is 6.07 Å². The first kappa shape index (κ1) is 15.0. The lowest BCUT2D eigenvalue weighted by Gasteiger charge is -2.17. The standard InChI is InChI=1S/C15H16N6O2/c1-21-4-2-13(20-21)19-14(22)8-17-15-10(7-16)6-11-9-23-5-3-12(11)18-15/h2,4,6H,3,5,8-9H2,1H3,(H,17,18)(H,19,20,22). The van der Waals surface area contributed by atoms with Crippen molar-refractivity contribution in [3.05, 3.63) is 35.2 Å². The number of fused-ring (bicyclic) bond motifs is 1. The van der Waals surface area contributed by atoms with Crippen LogP contribution >= 0.6 is 0 Å². The molecule has 118 valence electrons. The fourth-order valence-corrected chi connectivity index (χ4v) is 2.34. The summed E-state index contributed by atoms with van der Waals surface area (Å²) in [5.74, 6) is 0.648. The molecule has 1 aliphatic heterocycles. The molecule has 2 aromatic rings. The highest BCUT2D eigenvalue weighted by molar-refractivity contribution is 5.92. The predicted octanol–water partition coefficient (Wildman–Crippen LogP) is 0.810. The van der Waals surface area contributed by atoms with E-state index in [9.17, 15) is 10.1 Å². The number of pyridine rings is 1. The molecule has 3 heterocycles. The topological polar surface area (TPSA) is 105 Å². The van der Waals surface area contributed by atoms with E-state index in [1.54, 1.807) is 30.1 Å². The van der Waals surface area contributed by atoms with Gasteiger partial charge in [0, 0.05) is 31.3 Å². The number of anilines is 2. The zero-order valence-corrected chi connectivity index (χ0v) is 12.7. The Kier molecular flexibility index (Phi) is 4.21. The summed E-state index contributed by atoms with van der Waals surface area (Å²) in [6, 6.07) is 5.56. The average Bonchev–Trinajstić information content (AvgIpc) is 2.96. The monoisotopic (exact) mass is 312 g/mol. The number of nitrogens with zero attached hydrogens (tertiary/aromatic N) is 4. The Bertz CT molecular complexity index is 777. The van der Waals surface area contributed by atoms with Crippen LogP contribution in [0.4, 0.5) is 11.6 Å². The van der Waals surface area contributed by atoms with E-state index < -0.39 is 0 Å². The van der Waals surface area contributed by atoms with Gasteiger partial charge < -0.3 is 15.4 Å². The van der Waals surface area contributed by atoms with Crippen LogP contribution in [0.25, 0.3) is 0 Å². The van der Waals surface area contributed by atoms with Gasteiger partial charge in [-0.2, -0.15) is 10.4 Å². The molecule has 2 N–H and O–H groups in total. The molecule has 0 unspecified atom stereocenters. The Hall–Kier alpha value is -2.92. The number of ether oxygens (including phenoxy) is 1. The molecule has 0 spiro atoms. The molecular weight excluding hydrogens is 296 g/mol. The number of amides is 1. The smallest absolute Gasteiger partial charge is 0.244 e. The minimum Gasteiger partial charge on any atom is -0.376 e. The van der Waals surface area contributed by atoms with Gasteiger partial charge in [-0.15, -0.1) is 0 Å². The number of carbonyl (C=O) groups is 1. The summed E-state index contributed by atoms with van der Waals surface area (Å²) in [7, 11) is 1.77. The van der Waals surface area contributed by atoms with Gasteiger partial charge in [-0.1, -0.05) is 0 Å². The van der Waals surface area contributed by atoms with Gasteiger partial charge in [-0.3, -0.25) is 9.48 Å². The van der Waals surface area contributed by atoms with Crippen molar-refractivity contribution in [2.75, 3.05) is 23.8 Å². The van der Waals surface area contributed by atoms with Gasteiger partial charge in [0.15, 0.2) is 5.82 Å². The molecule has 1 amide bonds. The van der Waals surface area contributed by atoms with Crippen LogP contribution in [0.3, 0.4) is 0 Å². The summed E-state index contributed by atoms with van der Waals surface area (Å²) in [4.78, 5) is 16.4. The summed E-state index contributed by atoms with van der Waals surface area (Å²) >= 11 is 0. The van der Waals surface area contributed by atoms with Crippen LogP contribution < -0.4 is 10.6 Å². The van der Waals surface area contributed by atoms with Crippen molar-refractivity contribution in [3.63, 3.8) is 0 Å². The van der Waals surface area contributed by atoms with E-state index in [0.717, 1.165) is 11.3 Å². The maximum Gasteiger partial charge on any atom is 0.244 e. The highest BCUT2D eigenvalue weighted by Crippen LogP contribution is 2.21. The maximum atomic E-state index is 11.9. The Morgan fingerprint density at radius 3 is 3.17 bits per heavy atom. The highest BCUT2D eigenvalue weighted by atomic mass is 16.5. The number of hydrogen-bond acceptors (Lipinski definition) is 6. The Morgan fingerprint density at radius 1 is 1.57 bits per heavy atom. The van der Waals surface area contributed by atoms with Crippen molar-refractivity contribution < 1.29 is 9.53 Å². The quantitative estimate of drug-likeness (QED) is 0.865. The van der Waals surface area contributed by atoms with Crippen LogP contribution in [-0.4, -0.2) is 33.8 Å². The summed E-state index contributed by atoms with van der Waals surface area (Å²) in [6.07, 6.45) is 2.44. The van der Waals surface area contributed by atoms with Crippen molar-refractivity contribution in [1.82, 2.24) is 14.8 Å². The predicted molar refractivity (Wildman–Crippen MR) is 82.6 cm³/mol. The molecule has 0 radical (unpaired) electrons. The molecule has 1 aliphatic rings. The second-order valence-electron chi connectivity index (χ2n) is 5.18. The van der Waals surface area contributed by atoms with Gasteiger partial charge in [0.2, 0.25) is 5.91 Å². The van der Waals surface area contributed by atoms with Crippen molar-refractivity contribution >= 4 is 17.5 Å². The maximum absolute atomic E-state index is 11.9. The Balaban J connectivity index is 1.67. The third kappa shape index (κ3) is 3.46. The summed E-state index contributed by atoms with van der Waals surface area (Å²) in [5.41, 5.74) is 2.24. The zero-order valence-electron chi connectivity index (χ0n) is 12.7. The molecule has 23 heavy (non-hydrogen) atoms. The van der Waals surface area contributed by atoms with Crippen molar-refractivity contribution in [1.29, 1.82) is 5.26 Å². The summed E-state index contributed by atoms with van der Waals surface area (Å²) < 4.78 is 6.96. The molecule has 2 aromatic heterocycles. The second-order valence-corrected chi connectivity index (χ2v) is 5.18. The molecule has 0 saturated carbocycles. The number of nitriles is 1. The second kappa shape index (κ2) is 6.46. The lowest BCUT2D eigenvalue weighted by molar-refractivity contribution is -0.114. The minimum absolute atomic E-state index is 0.00748. The van der Waals surface area contributed by atoms with Crippen molar-refractivity contribution in [2.45, 2.75) is 13.0 Å². The SMILES string of the molecule is Cn1ccc(NC(=O)CNc2nc3c(cc2C#N)COCC3)n1. The van der Waals surface area contributed by atoms with Crippen LogP contribution in [-0.2, 0) is 29.6 Å². The third-order valence-electron chi connectivity index (χ3n) is 3.45. The minimum atomic E-state index is -0.254. The zero-order chi connectivity index (χ0) is 16.2. The van der Waals surface area contributed by atoms with Gasteiger partial charge in [-0.05, 0) is 6.07 Å². The summed E-state index contributed by atoms with van der Waals surface area (Å²) in [5, 5.41) is 18.9. The largest absolute Gasteiger partial charge is 0.376 e. The average molecular weight is 312 g/mol. The molecule has 3 rings (SSSR count). The van der Waals surface area contributed by atoms with E-state index in [0.29, 0.717) is 36.8 Å². The molecule has 0 aliphatic carbocycles. The Labute approximate surface area is 133 Å². The molecule has 0 saturated heterocycles. The molecular formula is C15H16N6O2. The number of rotatable bonds is 4. The first-order valence-corrected chi connectivity index (χ1v) is 7.19. The number of carbonyl (C=O) groups excluding carboxylic acids is 1. The number of nitrogens with one attached hydrogen (secondary N) is 2. The molecule has 0 bridgehead atoms. The molecule has 0 atom stereocenters. The van der Waals surface area contributed by atoms with Gasteiger partial charge >= 0.3 is 0 Å².